The second-order valence-corrected chi connectivity index (χ2v) is 9.39. The van der Waals surface area contributed by atoms with Gasteiger partial charge < -0.3 is 9.52 Å². The molecule has 0 aliphatic heterocycles. The number of hydrogen-bond donors (Lipinski definition) is 1. The van der Waals surface area contributed by atoms with Gasteiger partial charge in [-0.2, -0.15) is 13.2 Å². The van der Waals surface area contributed by atoms with Crippen LogP contribution in [0, 0.1) is 0 Å². The number of aliphatic hydroxyl groups excluding tert-OH is 1. The minimum Gasteiger partial charge on any atom is -0.468 e. The van der Waals surface area contributed by atoms with Gasteiger partial charge in [-0.3, -0.25) is 0 Å². The average Bonchev–Trinajstić information content (AvgIpc) is 2.47. The highest BCUT2D eigenvalue weighted by Crippen LogP contribution is 2.32. The summed E-state index contributed by atoms with van der Waals surface area (Å²) in [6, 6.07) is 2.70. The molecule has 0 fully saturated rings. The number of aliphatic hydroxyl groups is 1. The molecule has 0 aromatic carbocycles. The smallest absolute Gasteiger partial charge is 0.421 e. The summed E-state index contributed by atoms with van der Waals surface area (Å²) >= 11 is 0. The number of hydrogen-bond acceptors (Lipinski definition) is 2. The first kappa shape index (κ1) is 12.3. The van der Waals surface area contributed by atoms with Crippen LogP contribution in [0.25, 0.3) is 0 Å². The van der Waals surface area contributed by atoms with Crippen molar-refractivity contribution < 1.29 is 22.7 Å². The minimum absolute atomic E-state index is 0.431. The van der Waals surface area contributed by atoms with Crippen molar-refractivity contribution in [1.29, 1.82) is 0 Å². The molecule has 1 aromatic heterocycles. The standard InChI is InChI=1S/C9H13F3O2Si/c1-15(2,3)7-5-4-6(14-7)8(13)9(10,11)12/h4-5,8,13H,1-3H3/t8-/m1/s1. The summed E-state index contributed by atoms with van der Waals surface area (Å²) < 4.78 is 41.5. The quantitative estimate of drug-likeness (QED) is 0.803. The number of rotatable bonds is 2. The third-order valence-corrected chi connectivity index (χ3v) is 3.69. The number of furan rings is 1. The van der Waals surface area contributed by atoms with Crippen LogP contribution in [0.5, 0.6) is 0 Å². The van der Waals surface area contributed by atoms with Gasteiger partial charge in [0, 0.05) is 0 Å². The van der Waals surface area contributed by atoms with Gasteiger partial charge in [-0.15, -0.1) is 0 Å². The van der Waals surface area contributed by atoms with Crippen LogP contribution < -0.4 is 5.38 Å². The lowest BCUT2D eigenvalue weighted by Gasteiger charge is -2.14. The van der Waals surface area contributed by atoms with Crippen molar-refractivity contribution in [3.8, 4) is 0 Å². The van der Waals surface area contributed by atoms with Crippen molar-refractivity contribution >= 4 is 13.5 Å². The van der Waals surface area contributed by atoms with Gasteiger partial charge in [0.05, 0.1) is 5.38 Å². The summed E-state index contributed by atoms with van der Waals surface area (Å²) in [4.78, 5) is 0. The van der Waals surface area contributed by atoms with Crippen molar-refractivity contribution in [2.45, 2.75) is 31.9 Å². The topological polar surface area (TPSA) is 33.4 Å². The van der Waals surface area contributed by atoms with E-state index in [2.05, 4.69) is 0 Å². The van der Waals surface area contributed by atoms with Crippen LogP contribution in [0.15, 0.2) is 16.5 Å². The minimum atomic E-state index is -4.67. The molecule has 0 saturated heterocycles. The molecule has 1 aromatic rings. The average molecular weight is 238 g/mol. The van der Waals surface area contributed by atoms with Gasteiger partial charge in [-0.25, -0.2) is 0 Å². The Balaban J connectivity index is 2.95. The fourth-order valence-electron chi connectivity index (χ4n) is 1.06. The lowest BCUT2D eigenvalue weighted by Crippen LogP contribution is -2.36. The van der Waals surface area contributed by atoms with Crippen LogP contribution in [0.1, 0.15) is 11.9 Å². The molecule has 6 heteroatoms. The highest BCUT2D eigenvalue weighted by atomic mass is 28.3. The molecule has 86 valence electrons. The maximum absolute atomic E-state index is 12.1. The molecular formula is C9H13F3O2Si. The molecule has 2 nitrogen and oxygen atoms in total. The van der Waals surface area contributed by atoms with E-state index in [0.29, 0.717) is 5.38 Å². The van der Waals surface area contributed by atoms with E-state index < -0.39 is 26.1 Å². The largest absolute Gasteiger partial charge is 0.468 e. The second-order valence-electron chi connectivity index (χ2n) is 4.40. The zero-order valence-electron chi connectivity index (χ0n) is 8.72. The molecule has 0 spiro atoms. The monoisotopic (exact) mass is 238 g/mol. The molecule has 0 radical (unpaired) electrons. The van der Waals surface area contributed by atoms with E-state index in [1.165, 1.54) is 12.1 Å². The van der Waals surface area contributed by atoms with E-state index in [-0.39, 0.29) is 0 Å². The first-order chi connectivity index (χ1) is 6.62. The fourth-order valence-corrected chi connectivity index (χ4v) is 2.07. The van der Waals surface area contributed by atoms with E-state index in [4.69, 9.17) is 9.52 Å². The van der Waals surface area contributed by atoms with Crippen LogP contribution in [-0.4, -0.2) is 19.4 Å². The van der Waals surface area contributed by atoms with Gasteiger partial charge in [0.15, 0.2) is 0 Å². The Labute approximate surface area is 86.7 Å². The third kappa shape index (κ3) is 2.85. The Morgan fingerprint density at radius 1 is 1.27 bits per heavy atom. The first-order valence-corrected chi connectivity index (χ1v) is 7.97. The third-order valence-electron chi connectivity index (χ3n) is 1.95. The number of alkyl halides is 3. The molecular weight excluding hydrogens is 225 g/mol. The van der Waals surface area contributed by atoms with Crippen LogP contribution in [-0.2, 0) is 0 Å². The van der Waals surface area contributed by atoms with Crippen LogP contribution in [0.2, 0.25) is 19.6 Å². The molecule has 0 bridgehead atoms. The lowest BCUT2D eigenvalue weighted by molar-refractivity contribution is -0.211. The molecule has 0 amide bonds. The predicted octanol–water partition coefficient (Wildman–Crippen LogP) is 2.42. The van der Waals surface area contributed by atoms with E-state index in [1.807, 2.05) is 19.6 Å². The highest BCUT2D eigenvalue weighted by molar-refractivity contribution is 6.87. The van der Waals surface area contributed by atoms with E-state index in [9.17, 15) is 13.2 Å². The summed E-state index contributed by atoms with van der Waals surface area (Å²) in [5, 5.41) is 9.49. The maximum atomic E-state index is 12.1. The van der Waals surface area contributed by atoms with Gasteiger partial charge >= 0.3 is 6.18 Å². The van der Waals surface area contributed by atoms with Gasteiger partial charge in [-0.1, -0.05) is 19.6 Å². The van der Waals surface area contributed by atoms with Gasteiger partial charge in [-0.05, 0) is 12.1 Å². The summed E-state index contributed by atoms with van der Waals surface area (Å²) in [5.74, 6) is -0.431. The van der Waals surface area contributed by atoms with Gasteiger partial charge in [0.25, 0.3) is 0 Å². The van der Waals surface area contributed by atoms with Crippen LogP contribution in [0.3, 0.4) is 0 Å². The fraction of sp³-hybridized carbons (Fsp3) is 0.556. The first-order valence-electron chi connectivity index (χ1n) is 4.47. The van der Waals surface area contributed by atoms with Crippen molar-refractivity contribution in [2.75, 3.05) is 0 Å². The van der Waals surface area contributed by atoms with Crippen LogP contribution >= 0.6 is 0 Å². The molecule has 0 aliphatic carbocycles. The van der Waals surface area contributed by atoms with Gasteiger partial charge in [0.2, 0.25) is 6.10 Å². The Kier molecular flexibility index (Phi) is 3.02. The van der Waals surface area contributed by atoms with Crippen molar-refractivity contribution in [1.82, 2.24) is 0 Å². The maximum Gasteiger partial charge on any atom is 0.421 e. The molecule has 1 rings (SSSR count). The molecule has 0 saturated carbocycles. The summed E-state index contributed by atoms with van der Waals surface area (Å²) in [5.41, 5.74) is 0. The molecule has 0 unspecified atom stereocenters. The zero-order chi connectivity index (χ0) is 11.9. The van der Waals surface area contributed by atoms with E-state index in [1.54, 1.807) is 0 Å². The van der Waals surface area contributed by atoms with Crippen molar-refractivity contribution in [2.24, 2.45) is 0 Å². The highest BCUT2D eigenvalue weighted by Gasteiger charge is 2.41. The summed E-state index contributed by atoms with van der Waals surface area (Å²) in [6.07, 6.45) is -7.20. The van der Waals surface area contributed by atoms with E-state index in [0.717, 1.165) is 0 Å². The molecule has 0 aliphatic rings. The molecule has 15 heavy (non-hydrogen) atoms. The summed E-state index contributed by atoms with van der Waals surface area (Å²) in [6.45, 7) is 5.86. The Bertz CT molecular complexity index is 338. The lowest BCUT2D eigenvalue weighted by atomic mass is 10.3. The summed E-state index contributed by atoms with van der Waals surface area (Å²) in [7, 11) is -1.76. The Hall–Kier alpha value is -0.753. The molecule has 1 N–H and O–H groups in total. The molecule has 1 heterocycles. The van der Waals surface area contributed by atoms with Crippen molar-refractivity contribution in [3.05, 3.63) is 17.9 Å². The van der Waals surface area contributed by atoms with Crippen molar-refractivity contribution in [3.63, 3.8) is 0 Å². The SMILES string of the molecule is C[Si](C)(C)c1ccc([C@@H](O)C(F)(F)F)o1. The van der Waals surface area contributed by atoms with Gasteiger partial charge in [0.1, 0.15) is 13.8 Å². The Morgan fingerprint density at radius 3 is 2.13 bits per heavy atom. The van der Waals surface area contributed by atoms with E-state index >= 15 is 0 Å². The number of halogens is 3. The Morgan fingerprint density at radius 2 is 1.80 bits per heavy atom. The zero-order valence-corrected chi connectivity index (χ0v) is 9.72. The molecule has 1 atom stereocenters. The normalized spacial score (nSPS) is 15.4. The predicted molar refractivity (Wildman–Crippen MR) is 52.7 cm³/mol. The van der Waals surface area contributed by atoms with Crippen LogP contribution in [0.4, 0.5) is 13.2 Å². The second kappa shape index (κ2) is 3.68.